The van der Waals surface area contributed by atoms with Gasteiger partial charge in [0.2, 0.25) is 0 Å². The third-order valence-corrected chi connectivity index (χ3v) is 3.03. The van der Waals surface area contributed by atoms with Crippen LogP contribution in [-0.4, -0.2) is 26.1 Å². The van der Waals surface area contributed by atoms with Crippen LogP contribution in [0.5, 0.6) is 0 Å². The molecule has 88 valence electrons. The number of benzene rings is 1. The Kier molecular flexibility index (Phi) is 3.17. The molecule has 0 unspecified atom stereocenters. The van der Waals surface area contributed by atoms with Crippen LogP contribution in [0.3, 0.4) is 0 Å². The zero-order valence-electron chi connectivity index (χ0n) is 8.69. The van der Waals surface area contributed by atoms with Gasteiger partial charge in [-0.1, -0.05) is 32.7 Å². The maximum atomic E-state index is 10.8. The molecule has 0 aliphatic heterocycles. The van der Waals surface area contributed by atoms with E-state index in [1.165, 1.54) is 4.68 Å². The van der Waals surface area contributed by atoms with Crippen LogP contribution in [0, 0.1) is 6.92 Å². The highest BCUT2D eigenvalue weighted by molar-refractivity contribution is 9.10. The zero-order valence-corrected chi connectivity index (χ0v) is 11.0. The molecule has 5 nitrogen and oxygen atoms in total. The van der Waals surface area contributed by atoms with Crippen molar-refractivity contribution in [2.75, 3.05) is 0 Å². The number of hydrogen-bond donors (Lipinski definition) is 1. The molecule has 0 radical (unpaired) electrons. The molecule has 2 rings (SSSR count). The summed E-state index contributed by atoms with van der Waals surface area (Å²) in [6.07, 6.45) is 0. The number of aromatic carboxylic acids is 1. The lowest BCUT2D eigenvalue weighted by molar-refractivity contribution is 0.0689. The van der Waals surface area contributed by atoms with E-state index in [4.69, 9.17) is 16.7 Å². The summed E-state index contributed by atoms with van der Waals surface area (Å²) < 4.78 is 2.24. The molecule has 17 heavy (non-hydrogen) atoms. The van der Waals surface area contributed by atoms with Crippen molar-refractivity contribution in [3.05, 3.63) is 39.1 Å². The second-order valence-electron chi connectivity index (χ2n) is 3.34. The zero-order chi connectivity index (χ0) is 12.6. The number of rotatable bonds is 2. The molecule has 0 fully saturated rings. The summed E-state index contributed by atoms with van der Waals surface area (Å²) in [4.78, 5) is 10.8. The minimum absolute atomic E-state index is 0.0796. The lowest BCUT2D eigenvalue weighted by atomic mass is 10.3. The number of carbonyl (C=O) groups is 1. The van der Waals surface area contributed by atoms with Gasteiger partial charge in [-0.15, -0.1) is 5.10 Å². The predicted molar refractivity (Wildman–Crippen MR) is 65.8 cm³/mol. The highest BCUT2D eigenvalue weighted by Gasteiger charge is 2.17. The van der Waals surface area contributed by atoms with Gasteiger partial charge in [0.15, 0.2) is 5.69 Å². The average Bonchev–Trinajstić information content (AvgIpc) is 2.60. The van der Waals surface area contributed by atoms with Gasteiger partial charge in [0, 0.05) is 4.47 Å². The van der Waals surface area contributed by atoms with Crippen LogP contribution >= 0.6 is 27.5 Å². The van der Waals surface area contributed by atoms with E-state index in [1.54, 1.807) is 25.1 Å². The van der Waals surface area contributed by atoms with Crippen molar-refractivity contribution in [2.24, 2.45) is 0 Å². The highest BCUT2D eigenvalue weighted by Crippen LogP contribution is 2.25. The topological polar surface area (TPSA) is 68.0 Å². The second kappa shape index (κ2) is 4.46. The van der Waals surface area contributed by atoms with Crippen LogP contribution in [0.2, 0.25) is 5.02 Å². The molecule has 0 saturated heterocycles. The quantitative estimate of drug-likeness (QED) is 0.925. The molecule has 0 atom stereocenters. The summed E-state index contributed by atoms with van der Waals surface area (Å²) in [6, 6.07) is 5.24. The van der Waals surface area contributed by atoms with Gasteiger partial charge in [0.1, 0.15) is 0 Å². The molecule has 2 aromatic rings. The van der Waals surface area contributed by atoms with E-state index in [-0.39, 0.29) is 5.69 Å². The lowest BCUT2D eigenvalue weighted by Crippen LogP contribution is -2.03. The molecule has 1 aromatic heterocycles. The molecule has 0 spiro atoms. The van der Waals surface area contributed by atoms with Crippen molar-refractivity contribution < 1.29 is 9.90 Å². The fraction of sp³-hybridized carbons (Fsp3) is 0.100. The monoisotopic (exact) mass is 315 g/mol. The Labute approximate surface area is 110 Å². The molecule has 0 amide bonds. The number of hydrogen-bond acceptors (Lipinski definition) is 3. The summed E-state index contributed by atoms with van der Waals surface area (Å²) in [7, 11) is 0. The Balaban J connectivity index is 2.57. The third kappa shape index (κ3) is 2.18. The predicted octanol–water partition coefficient (Wildman–Crippen LogP) is 2.69. The Morgan fingerprint density at radius 1 is 1.53 bits per heavy atom. The normalized spacial score (nSPS) is 10.5. The molecule has 1 heterocycles. The summed E-state index contributed by atoms with van der Waals surface area (Å²) in [5.41, 5.74) is 0.943. The van der Waals surface area contributed by atoms with E-state index in [9.17, 15) is 4.79 Å². The van der Waals surface area contributed by atoms with Crippen LogP contribution in [0.1, 0.15) is 16.2 Å². The van der Waals surface area contributed by atoms with Gasteiger partial charge in [0.05, 0.1) is 16.4 Å². The summed E-state index contributed by atoms with van der Waals surface area (Å²) in [6.45, 7) is 1.63. The average molecular weight is 317 g/mol. The molecule has 0 aliphatic rings. The van der Waals surface area contributed by atoms with Gasteiger partial charge in [-0.05, 0) is 25.1 Å². The first kappa shape index (κ1) is 12.1. The second-order valence-corrected chi connectivity index (χ2v) is 4.66. The smallest absolute Gasteiger partial charge is 0.358 e. The van der Waals surface area contributed by atoms with E-state index in [1.807, 2.05) is 0 Å². The Morgan fingerprint density at radius 2 is 2.24 bits per heavy atom. The Morgan fingerprint density at radius 3 is 2.76 bits per heavy atom. The minimum atomic E-state index is -1.11. The van der Waals surface area contributed by atoms with Crippen molar-refractivity contribution in [2.45, 2.75) is 6.92 Å². The number of carboxylic acid groups (broad SMARTS) is 1. The van der Waals surface area contributed by atoms with Gasteiger partial charge in [-0.25, -0.2) is 9.48 Å². The largest absolute Gasteiger partial charge is 0.476 e. The third-order valence-electron chi connectivity index (χ3n) is 2.24. The first-order chi connectivity index (χ1) is 8.00. The standard InChI is InChI=1S/C10H7BrClN3O2/c1-5-9(10(16)17)13-14-15(5)8-3-2-6(11)4-7(8)12/h2-4H,1H3,(H,16,17). The van der Waals surface area contributed by atoms with Crippen molar-refractivity contribution in [3.8, 4) is 5.69 Å². The van der Waals surface area contributed by atoms with Crippen molar-refractivity contribution in [3.63, 3.8) is 0 Å². The minimum Gasteiger partial charge on any atom is -0.476 e. The summed E-state index contributed by atoms with van der Waals surface area (Å²) in [5.74, 6) is -1.11. The summed E-state index contributed by atoms with van der Waals surface area (Å²) in [5, 5.41) is 16.7. The van der Waals surface area contributed by atoms with Gasteiger partial charge >= 0.3 is 5.97 Å². The van der Waals surface area contributed by atoms with Crippen molar-refractivity contribution >= 4 is 33.5 Å². The van der Waals surface area contributed by atoms with Crippen molar-refractivity contribution in [1.29, 1.82) is 0 Å². The van der Waals surface area contributed by atoms with Gasteiger partial charge in [0.25, 0.3) is 0 Å². The first-order valence-corrected chi connectivity index (χ1v) is 5.79. The van der Waals surface area contributed by atoms with E-state index in [2.05, 4.69) is 26.2 Å². The lowest BCUT2D eigenvalue weighted by Gasteiger charge is -2.05. The van der Waals surface area contributed by atoms with Crippen LogP contribution in [0.4, 0.5) is 0 Å². The summed E-state index contributed by atoms with van der Waals surface area (Å²) >= 11 is 9.35. The Hall–Kier alpha value is -1.40. The van der Waals surface area contributed by atoms with E-state index in [0.717, 1.165) is 4.47 Å². The SMILES string of the molecule is Cc1c(C(=O)O)nnn1-c1ccc(Br)cc1Cl. The number of aromatic nitrogens is 3. The molecule has 0 bridgehead atoms. The molecular weight excluding hydrogens is 309 g/mol. The van der Waals surface area contributed by atoms with E-state index in [0.29, 0.717) is 16.4 Å². The first-order valence-electron chi connectivity index (χ1n) is 4.61. The van der Waals surface area contributed by atoms with E-state index >= 15 is 0 Å². The molecule has 0 saturated carbocycles. The number of halogens is 2. The van der Waals surface area contributed by atoms with Gasteiger partial charge in [-0.2, -0.15) is 0 Å². The van der Waals surface area contributed by atoms with E-state index < -0.39 is 5.97 Å². The number of carboxylic acids is 1. The van der Waals surface area contributed by atoms with Crippen LogP contribution < -0.4 is 0 Å². The highest BCUT2D eigenvalue weighted by atomic mass is 79.9. The van der Waals surface area contributed by atoms with Crippen molar-refractivity contribution in [1.82, 2.24) is 15.0 Å². The maximum absolute atomic E-state index is 10.8. The van der Waals surface area contributed by atoms with Gasteiger partial charge in [-0.3, -0.25) is 0 Å². The maximum Gasteiger partial charge on any atom is 0.358 e. The van der Waals surface area contributed by atoms with Gasteiger partial charge < -0.3 is 5.11 Å². The number of nitrogens with zero attached hydrogens (tertiary/aromatic N) is 3. The Bertz CT molecular complexity index is 597. The molecule has 0 aliphatic carbocycles. The molecule has 1 aromatic carbocycles. The van der Waals surface area contributed by atoms with Crippen LogP contribution in [-0.2, 0) is 0 Å². The van der Waals surface area contributed by atoms with Crippen LogP contribution in [0.15, 0.2) is 22.7 Å². The fourth-order valence-electron chi connectivity index (χ4n) is 1.41. The van der Waals surface area contributed by atoms with Crippen LogP contribution in [0.25, 0.3) is 5.69 Å². The molecule has 7 heteroatoms. The fourth-order valence-corrected chi connectivity index (χ4v) is 2.16. The molecular formula is C10H7BrClN3O2. The molecule has 1 N–H and O–H groups in total.